The maximum Gasteiger partial charge on any atom is 0.119 e. The van der Waals surface area contributed by atoms with E-state index in [-0.39, 0.29) is 0 Å². The molecule has 0 fully saturated rings. The van der Waals surface area contributed by atoms with Gasteiger partial charge in [0.15, 0.2) is 0 Å². The fraction of sp³-hybridized carbons (Fsp3) is 0.625. The van der Waals surface area contributed by atoms with E-state index < -0.39 is 0 Å². The van der Waals surface area contributed by atoms with Gasteiger partial charge in [0.05, 0.1) is 7.11 Å². The predicted molar refractivity (Wildman–Crippen MR) is 78.1 cm³/mol. The Morgan fingerprint density at radius 3 is 2.67 bits per heavy atom. The molecule has 2 atom stereocenters. The van der Waals surface area contributed by atoms with Gasteiger partial charge < -0.3 is 10.1 Å². The van der Waals surface area contributed by atoms with Gasteiger partial charge in [-0.1, -0.05) is 38.8 Å². The van der Waals surface area contributed by atoms with Crippen molar-refractivity contribution >= 4 is 0 Å². The lowest BCUT2D eigenvalue weighted by Gasteiger charge is -2.22. The highest BCUT2D eigenvalue weighted by Gasteiger charge is 2.11. The second kappa shape index (κ2) is 8.15. The van der Waals surface area contributed by atoms with Gasteiger partial charge in [0.1, 0.15) is 5.75 Å². The zero-order valence-corrected chi connectivity index (χ0v) is 12.2. The van der Waals surface area contributed by atoms with Gasteiger partial charge in [0.2, 0.25) is 0 Å². The van der Waals surface area contributed by atoms with E-state index in [1.807, 2.05) is 6.07 Å². The van der Waals surface area contributed by atoms with Gasteiger partial charge >= 0.3 is 0 Å². The van der Waals surface area contributed by atoms with Crippen LogP contribution < -0.4 is 10.1 Å². The monoisotopic (exact) mass is 249 g/mol. The summed E-state index contributed by atoms with van der Waals surface area (Å²) in [6, 6.07) is 9.31. The van der Waals surface area contributed by atoms with Crippen molar-refractivity contribution in [2.45, 2.75) is 58.5 Å². The zero-order valence-electron chi connectivity index (χ0n) is 12.2. The molecule has 2 heteroatoms. The number of benzene rings is 1. The first-order valence-electron chi connectivity index (χ1n) is 7.11. The number of methoxy groups -OCH3 is 1. The fourth-order valence-electron chi connectivity index (χ4n) is 2.22. The van der Waals surface area contributed by atoms with E-state index in [0.29, 0.717) is 12.1 Å². The number of ether oxygens (including phenoxy) is 1. The molecule has 1 aromatic rings. The highest BCUT2D eigenvalue weighted by molar-refractivity contribution is 5.30. The van der Waals surface area contributed by atoms with E-state index in [1.54, 1.807) is 7.11 Å². The lowest BCUT2D eigenvalue weighted by Crippen LogP contribution is -2.30. The Labute approximate surface area is 112 Å². The van der Waals surface area contributed by atoms with Gasteiger partial charge in [-0.3, -0.25) is 0 Å². The third-order valence-corrected chi connectivity index (χ3v) is 3.48. The maximum atomic E-state index is 5.27. The summed E-state index contributed by atoms with van der Waals surface area (Å²) < 4.78 is 5.27. The van der Waals surface area contributed by atoms with Gasteiger partial charge in [-0.05, 0) is 37.5 Å². The van der Waals surface area contributed by atoms with Gasteiger partial charge in [0, 0.05) is 12.1 Å². The molecule has 1 rings (SSSR count). The minimum atomic E-state index is 0.377. The summed E-state index contributed by atoms with van der Waals surface area (Å²) in [5, 5.41) is 3.71. The molecule has 0 aliphatic carbocycles. The number of hydrogen-bond donors (Lipinski definition) is 1. The first-order valence-corrected chi connectivity index (χ1v) is 7.11. The summed E-state index contributed by atoms with van der Waals surface area (Å²) in [7, 11) is 1.72. The summed E-state index contributed by atoms with van der Waals surface area (Å²) in [5.41, 5.74) is 1.30. The fourth-order valence-corrected chi connectivity index (χ4v) is 2.22. The van der Waals surface area contributed by atoms with Crippen molar-refractivity contribution in [3.05, 3.63) is 29.8 Å². The quantitative estimate of drug-likeness (QED) is 0.741. The van der Waals surface area contributed by atoms with E-state index >= 15 is 0 Å². The molecule has 2 nitrogen and oxygen atoms in total. The molecule has 0 bridgehead atoms. The third kappa shape index (κ3) is 4.69. The predicted octanol–water partition coefficient (Wildman–Crippen LogP) is 4.31. The maximum absolute atomic E-state index is 5.27. The summed E-state index contributed by atoms with van der Waals surface area (Å²) in [6.45, 7) is 6.73. The van der Waals surface area contributed by atoms with E-state index in [2.05, 4.69) is 44.3 Å². The molecule has 0 heterocycles. The second-order valence-corrected chi connectivity index (χ2v) is 4.91. The van der Waals surface area contributed by atoms with Crippen molar-refractivity contribution in [3.63, 3.8) is 0 Å². The topological polar surface area (TPSA) is 21.3 Å². The summed E-state index contributed by atoms with van der Waals surface area (Å²) in [4.78, 5) is 0. The average Bonchev–Trinajstić information content (AvgIpc) is 2.43. The SMILES string of the molecule is CCCCC(CC)N[C@H](C)c1cccc(OC)c1. The molecule has 0 saturated heterocycles. The molecule has 102 valence electrons. The molecular weight excluding hydrogens is 222 g/mol. The molecular formula is C16H27NO. The second-order valence-electron chi connectivity index (χ2n) is 4.91. The van der Waals surface area contributed by atoms with Crippen molar-refractivity contribution in [2.24, 2.45) is 0 Å². The van der Waals surface area contributed by atoms with Crippen LogP contribution >= 0.6 is 0 Å². The summed E-state index contributed by atoms with van der Waals surface area (Å²) in [6.07, 6.45) is 5.03. The van der Waals surface area contributed by atoms with Gasteiger partial charge in [-0.2, -0.15) is 0 Å². The van der Waals surface area contributed by atoms with Gasteiger partial charge in [-0.25, -0.2) is 0 Å². The van der Waals surface area contributed by atoms with Crippen molar-refractivity contribution in [3.8, 4) is 5.75 Å². The van der Waals surface area contributed by atoms with E-state index in [4.69, 9.17) is 4.74 Å². The van der Waals surface area contributed by atoms with Crippen LogP contribution in [-0.4, -0.2) is 13.2 Å². The van der Waals surface area contributed by atoms with Crippen molar-refractivity contribution < 1.29 is 4.74 Å². The van der Waals surface area contributed by atoms with E-state index in [0.717, 1.165) is 5.75 Å². The summed E-state index contributed by atoms with van der Waals surface area (Å²) >= 11 is 0. The molecule has 18 heavy (non-hydrogen) atoms. The number of hydrogen-bond acceptors (Lipinski definition) is 2. The van der Waals surface area contributed by atoms with Crippen LogP contribution in [0.3, 0.4) is 0 Å². The molecule has 0 amide bonds. The molecule has 0 aromatic heterocycles. The Morgan fingerprint density at radius 1 is 1.28 bits per heavy atom. The van der Waals surface area contributed by atoms with E-state index in [9.17, 15) is 0 Å². The van der Waals surface area contributed by atoms with Crippen LogP contribution in [0, 0.1) is 0 Å². The standard InChI is InChI=1S/C16H27NO/c1-5-7-10-15(6-2)17-13(3)14-9-8-11-16(12-14)18-4/h8-9,11-13,15,17H,5-7,10H2,1-4H3/t13-,15?/m1/s1. The minimum absolute atomic E-state index is 0.377. The lowest BCUT2D eigenvalue weighted by molar-refractivity contribution is 0.401. The molecule has 0 aliphatic rings. The Morgan fingerprint density at radius 2 is 2.06 bits per heavy atom. The molecule has 0 aliphatic heterocycles. The van der Waals surface area contributed by atoms with Crippen molar-refractivity contribution in [1.82, 2.24) is 5.32 Å². The Bertz CT molecular complexity index is 338. The Kier molecular flexibility index (Phi) is 6.81. The normalized spacial score (nSPS) is 14.2. The van der Waals surface area contributed by atoms with Crippen molar-refractivity contribution in [2.75, 3.05) is 7.11 Å². The molecule has 0 spiro atoms. The van der Waals surface area contributed by atoms with Crippen LogP contribution in [0.1, 0.15) is 58.1 Å². The highest BCUT2D eigenvalue weighted by Crippen LogP contribution is 2.20. The number of rotatable bonds is 8. The summed E-state index contributed by atoms with van der Waals surface area (Å²) in [5.74, 6) is 0.933. The van der Waals surface area contributed by atoms with Crippen LogP contribution in [-0.2, 0) is 0 Å². The molecule has 1 N–H and O–H groups in total. The smallest absolute Gasteiger partial charge is 0.119 e. The molecule has 1 aromatic carbocycles. The third-order valence-electron chi connectivity index (χ3n) is 3.48. The average molecular weight is 249 g/mol. The largest absolute Gasteiger partial charge is 0.497 e. The molecule has 1 unspecified atom stereocenters. The zero-order chi connectivity index (χ0) is 13.4. The first-order chi connectivity index (χ1) is 8.71. The Balaban J connectivity index is 2.59. The lowest BCUT2D eigenvalue weighted by atomic mass is 10.0. The highest BCUT2D eigenvalue weighted by atomic mass is 16.5. The van der Waals surface area contributed by atoms with Crippen molar-refractivity contribution in [1.29, 1.82) is 0 Å². The molecule has 0 saturated carbocycles. The first kappa shape index (κ1) is 15.0. The van der Waals surface area contributed by atoms with Gasteiger partial charge in [-0.15, -0.1) is 0 Å². The van der Waals surface area contributed by atoms with Gasteiger partial charge in [0.25, 0.3) is 0 Å². The van der Waals surface area contributed by atoms with Crippen LogP contribution in [0.4, 0.5) is 0 Å². The van der Waals surface area contributed by atoms with E-state index in [1.165, 1.54) is 31.2 Å². The van der Waals surface area contributed by atoms with Crippen LogP contribution in [0.2, 0.25) is 0 Å². The van der Waals surface area contributed by atoms with Crippen LogP contribution in [0.5, 0.6) is 5.75 Å². The molecule has 0 radical (unpaired) electrons. The number of unbranched alkanes of at least 4 members (excludes halogenated alkanes) is 1. The van der Waals surface area contributed by atoms with Crippen LogP contribution in [0.25, 0.3) is 0 Å². The Hall–Kier alpha value is -1.02. The number of nitrogens with one attached hydrogen (secondary N) is 1. The minimum Gasteiger partial charge on any atom is -0.497 e. The van der Waals surface area contributed by atoms with Crippen LogP contribution in [0.15, 0.2) is 24.3 Å².